The first-order chi connectivity index (χ1) is 3.63. The summed E-state index contributed by atoms with van der Waals surface area (Å²) in [5.74, 6) is 0. The molecule has 0 aromatic heterocycles. The van der Waals surface area contributed by atoms with Gasteiger partial charge < -0.3 is 0 Å². The summed E-state index contributed by atoms with van der Waals surface area (Å²) in [5.41, 5.74) is 0. The lowest BCUT2D eigenvalue weighted by molar-refractivity contribution is 0.121. The maximum Gasteiger partial charge on any atom is 0.310 e. The van der Waals surface area contributed by atoms with E-state index in [1.807, 2.05) is 0 Å². The van der Waals surface area contributed by atoms with Crippen LogP contribution in [-0.4, -0.2) is 6.43 Å². The lowest BCUT2D eigenvalue weighted by atomic mass is 10.3. The van der Waals surface area contributed by atoms with Gasteiger partial charge in [0.1, 0.15) is 0 Å². The van der Waals surface area contributed by atoms with Crippen LogP contribution in [-0.2, 0) is 0 Å². The monoisotopic (exact) mass is 129 g/mol. The molecule has 0 aromatic rings. The van der Waals surface area contributed by atoms with Crippen LogP contribution in [0.15, 0.2) is 0 Å². The van der Waals surface area contributed by atoms with Gasteiger partial charge in [0.2, 0.25) is 6.43 Å². The molecular formula is C4H5F4. The van der Waals surface area contributed by atoms with Crippen LogP contribution >= 0.6 is 0 Å². The molecule has 0 aliphatic rings. The van der Waals surface area contributed by atoms with Crippen molar-refractivity contribution in [1.82, 2.24) is 0 Å². The normalized spacial score (nSPS) is 11.2. The second-order valence-corrected chi connectivity index (χ2v) is 1.27. The Hall–Kier alpha value is -0.280. The lowest BCUT2D eigenvalue weighted by Crippen LogP contribution is -1.90. The molecule has 49 valence electrons. The van der Waals surface area contributed by atoms with E-state index in [4.69, 9.17) is 0 Å². The molecular weight excluding hydrogens is 124 g/mol. The highest BCUT2D eigenvalue weighted by atomic mass is 19.3. The standard InChI is InChI=1S/C4H5F4/c5-3(6)1-2-4(7)8/h3H,1-2H2. The van der Waals surface area contributed by atoms with E-state index in [1.54, 1.807) is 0 Å². The van der Waals surface area contributed by atoms with Crippen molar-refractivity contribution in [3.05, 3.63) is 6.43 Å². The summed E-state index contributed by atoms with van der Waals surface area (Å²) < 4.78 is 44.1. The van der Waals surface area contributed by atoms with Gasteiger partial charge in [0.05, 0.1) is 0 Å². The smallest absolute Gasteiger partial charge is 0.211 e. The minimum atomic E-state index is -2.61. The second kappa shape index (κ2) is 3.69. The van der Waals surface area contributed by atoms with E-state index in [2.05, 4.69) is 0 Å². The molecule has 0 fully saturated rings. The summed E-state index contributed by atoms with van der Waals surface area (Å²) in [6.45, 7) is 0. The van der Waals surface area contributed by atoms with Crippen molar-refractivity contribution in [2.24, 2.45) is 0 Å². The summed E-state index contributed by atoms with van der Waals surface area (Å²) in [4.78, 5) is 0. The number of hydrogen-bond donors (Lipinski definition) is 0. The van der Waals surface area contributed by atoms with Crippen LogP contribution in [0.5, 0.6) is 0 Å². The van der Waals surface area contributed by atoms with Crippen LogP contribution in [0.25, 0.3) is 0 Å². The number of alkyl halides is 2. The molecule has 0 atom stereocenters. The Morgan fingerprint density at radius 3 is 1.88 bits per heavy atom. The minimum Gasteiger partial charge on any atom is -0.211 e. The lowest BCUT2D eigenvalue weighted by Gasteiger charge is -1.93. The molecule has 0 amide bonds. The summed E-state index contributed by atoms with van der Waals surface area (Å²) >= 11 is 0. The molecule has 0 N–H and O–H groups in total. The maximum absolute atomic E-state index is 11.0. The third kappa shape index (κ3) is 5.72. The van der Waals surface area contributed by atoms with Crippen molar-refractivity contribution in [2.45, 2.75) is 19.3 Å². The van der Waals surface area contributed by atoms with E-state index in [-0.39, 0.29) is 0 Å². The molecule has 0 spiro atoms. The Balaban J connectivity index is 2.93. The molecule has 8 heavy (non-hydrogen) atoms. The first-order valence-electron chi connectivity index (χ1n) is 2.08. The highest BCUT2D eigenvalue weighted by molar-refractivity contribution is 4.59. The minimum absolute atomic E-state index is 0.734. The van der Waals surface area contributed by atoms with E-state index in [1.165, 1.54) is 0 Å². The molecule has 0 bridgehead atoms. The number of hydrogen-bond acceptors (Lipinski definition) is 0. The molecule has 0 saturated carbocycles. The maximum atomic E-state index is 11.0. The van der Waals surface area contributed by atoms with Gasteiger partial charge in [-0.1, -0.05) is 0 Å². The van der Waals surface area contributed by atoms with Crippen molar-refractivity contribution in [3.8, 4) is 0 Å². The molecule has 0 saturated heterocycles. The largest absolute Gasteiger partial charge is 0.310 e. The van der Waals surface area contributed by atoms with Crippen LogP contribution in [0.1, 0.15) is 12.8 Å². The van der Waals surface area contributed by atoms with Gasteiger partial charge in [0, 0.05) is 12.8 Å². The van der Waals surface area contributed by atoms with Crippen molar-refractivity contribution in [2.75, 3.05) is 0 Å². The summed E-state index contributed by atoms with van der Waals surface area (Å²) in [6.07, 6.45) is -6.05. The van der Waals surface area contributed by atoms with E-state index in [0.29, 0.717) is 0 Å². The van der Waals surface area contributed by atoms with Crippen molar-refractivity contribution in [1.29, 1.82) is 0 Å². The second-order valence-electron chi connectivity index (χ2n) is 1.27. The van der Waals surface area contributed by atoms with Gasteiger partial charge >= 0.3 is 6.43 Å². The molecule has 0 rings (SSSR count). The molecule has 0 nitrogen and oxygen atoms in total. The zero-order chi connectivity index (χ0) is 6.57. The molecule has 0 aliphatic heterocycles. The zero-order valence-corrected chi connectivity index (χ0v) is 4.00. The fourth-order valence-electron chi connectivity index (χ4n) is 0.218. The van der Waals surface area contributed by atoms with Crippen LogP contribution in [0.3, 0.4) is 0 Å². The molecule has 0 unspecified atom stereocenters. The van der Waals surface area contributed by atoms with E-state index in [0.717, 1.165) is 0 Å². The van der Waals surface area contributed by atoms with Gasteiger partial charge in [-0.25, -0.2) is 8.78 Å². The molecule has 4 heteroatoms. The number of halogens is 4. The van der Waals surface area contributed by atoms with Crippen LogP contribution in [0.2, 0.25) is 0 Å². The Labute approximate surface area is 44.5 Å². The molecule has 0 heterocycles. The predicted molar refractivity (Wildman–Crippen MR) is 20.7 cm³/mol. The van der Waals surface area contributed by atoms with Gasteiger partial charge in [-0.2, -0.15) is 8.78 Å². The average molecular weight is 129 g/mol. The Bertz CT molecular complexity index is 44.0. The highest BCUT2D eigenvalue weighted by Crippen LogP contribution is 2.14. The van der Waals surface area contributed by atoms with E-state index in [9.17, 15) is 17.6 Å². The van der Waals surface area contributed by atoms with Crippen molar-refractivity contribution >= 4 is 0 Å². The summed E-state index contributed by atoms with van der Waals surface area (Å²) in [6, 6.07) is 0. The first kappa shape index (κ1) is 7.72. The molecule has 0 aliphatic carbocycles. The first-order valence-corrected chi connectivity index (χ1v) is 2.08. The zero-order valence-electron chi connectivity index (χ0n) is 4.00. The van der Waals surface area contributed by atoms with Gasteiger partial charge in [0.15, 0.2) is 0 Å². The average Bonchev–Trinajstić information content (AvgIpc) is 1.61. The van der Waals surface area contributed by atoms with Crippen molar-refractivity contribution < 1.29 is 17.6 Å². The topological polar surface area (TPSA) is 0 Å². The van der Waals surface area contributed by atoms with E-state index >= 15 is 0 Å². The van der Waals surface area contributed by atoms with Gasteiger partial charge in [-0.15, -0.1) is 0 Å². The Kier molecular flexibility index (Phi) is 3.56. The third-order valence-corrected chi connectivity index (χ3v) is 0.552. The molecule has 1 radical (unpaired) electrons. The Morgan fingerprint density at radius 1 is 1.25 bits per heavy atom. The van der Waals surface area contributed by atoms with Gasteiger partial charge in [0.25, 0.3) is 0 Å². The van der Waals surface area contributed by atoms with Gasteiger partial charge in [-0.3, -0.25) is 0 Å². The quantitative estimate of drug-likeness (QED) is 0.513. The summed E-state index contributed by atoms with van der Waals surface area (Å²) in [7, 11) is 0. The number of rotatable bonds is 3. The van der Waals surface area contributed by atoms with Crippen molar-refractivity contribution in [3.63, 3.8) is 0 Å². The molecule has 0 aromatic carbocycles. The SMILES string of the molecule is F[C](F)CCC(F)F. The van der Waals surface area contributed by atoms with Crippen LogP contribution in [0.4, 0.5) is 17.6 Å². The third-order valence-electron chi connectivity index (χ3n) is 0.552. The summed E-state index contributed by atoms with van der Waals surface area (Å²) in [5, 5.41) is 0. The van der Waals surface area contributed by atoms with E-state index < -0.39 is 25.7 Å². The van der Waals surface area contributed by atoms with Crippen LogP contribution in [0, 0.1) is 6.43 Å². The fraction of sp³-hybridized carbons (Fsp3) is 0.750. The Morgan fingerprint density at radius 2 is 1.75 bits per heavy atom. The fourth-order valence-corrected chi connectivity index (χ4v) is 0.218. The highest BCUT2D eigenvalue weighted by Gasteiger charge is 2.09. The predicted octanol–water partition coefficient (Wildman–Crippen LogP) is 2.46. The van der Waals surface area contributed by atoms with Crippen LogP contribution < -0.4 is 0 Å². The van der Waals surface area contributed by atoms with Gasteiger partial charge in [-0.05, 0) is 0 Å².